The van der Waals surface area contributed by atoms with Gasteiger partial charge in [0.2, 0.25) is 5.92 Å². The maximum Gasteiger partial charge on any atom is 0.253 e. The van der Waals surface area contributed by atoms with Gasteiger partial charge in [0.05, 0.1) is 16.1 Å². The smallest absolute Gasteiger partial charge is 0.253 e. The average Bonchev–Trinajstić information content (AvgIpc) is 2.69. The Kier molecular flexibility index (Phi) is 7.24. The number of nitrogens with zero attached hydrogens (tertiary/aromatic N) is 1. The van der Waals surface area contributed by atoms with E-state index in [0.29, 0.717) is 46.8 Å². The van der Waals surface area contributed by atoms with Gasteiger partial charge in [0.25, 0.3) is 5.91 Å². The van der Waals surface area contributed by atoms with Gasteiger partial charge < -0.3 is 15.4 Å². The van der Waals surface area contributed by atoms with Crippen molar-refractivity contribution in [3.8, 4) is 0 Å². The van der Waals surface area contributed by atoms with Gasteiger partial charge in [-0.25, -0.2) is 13.8 Å². The van der Waals surface area contributed by atoms with Crippen LogP contribution >= 0.6 is 11.6 Å². The van der Waals surface area contributed by atoms with Crippen molar-refractivity contribution >= 4 is 34.2 Å². The van der Waals surface area contributed by atoms with Crippen LogP contribution in [-0.4, -0.2) is 43.6 Å². The monoisotopic (exact) mass is 425 g/mol. The minimum absolute atomic E-state index is 0.0693. The quantitative estimate of drug-likeness (QED) is 0.591. The number of ether oxygens (including phenoxy) is 1. The number of halogens is 3. The summed E-state index contributed by atoms with van der Waals surface area (Å²) >= 11 is 6.28. The Hall–Kier alpha value is -1.99. The number of benzene rings is 1. The number of alkyl halides is 2. The highest BCUT2D eigenvalue weighted by Crippen LogP contribution is 2.36. The van der Waals surface area contributed by atoms with Crippen molar-refractivity contribution in [3.05, 3.63) is 34.9 Å². The minimum atomic E-state index is -2.64. The molecule has 158 valence electrons. The molecule has 3 rings (SSSR count). The Bertz CT molecular complexity index is 863. The Morgan fingerprint density at radius 3 is 2.93 bits per heavy atom. The predicted molar refractivity (Wildman–Crippen MR) is 111 cm³/mol. The first-order valence-corrected chi connectivity index (χ1v) is 10.3. The molecule has 0 saturated heterocycles. The molecule has 1 amide bonds. The van der Waals surface area contributed by atoms with Gasteiger partial charge in [0.15, 0.2) is 0 Å². The average molecular weight is 426 g/mol. The third-order valence-corrected chi connectivity index (χ3v) is 5.49. The fourth-order valence-corrected chi connectivity index (χ4v) is 3.97. The van der Waals surface area contributed by atoms with Gasteiger partial charge in [-0.3, -0.25) is 4.79 Å². The number of pyridine rings is 1. The number of rotatable bonds is 8. The van der Waals surface area contributed by atoms with Crippen LogP contribution in [0.1, 0.15) is 42.5 Å². The fraction of sp³-hybridized carbons (Fsp3) is 0.524. The fourth-order valence-electron chi connectivity index (χ4n) is 3.72. The highest BCUT2D eigenvalue weighted by Gasteiger charge is 2.36. The molecule has 1 saturated carbocycles. The number of hydrogen-bond donors (Lipinski definition) is 2. The van der Waals surface area contributed by atoms with Gasteiger partial charge in [-0.05, 0) is 49.4 Å². The Morgan fingerprint density at radius 1 is 1.34 bits per heavy atom. The maximum absolute atomic E-state index is 13.6. The van der Waals surface area contributed by atoms with Gasteiger partial charge >= 0.3 is 0 Å². The normalized spacial score (nSPS) is 18.6. The van der Waals surface area contributed by atoms with E-state index in [9.17, 15) is 13.6 Å². The van der Waals surface area contributed by atoms with E-state index in [1.165, 1.54) is 0 Å². The van der Waals surface area contributed by atoms with Gasteiger partial charge in [-0.15, -0.1) is 0 Å². The van der Waals surface area contributed by atoms with Crippen LogP contribution in [0.15, 0.2) is 24.3 Å². The molecule has 0 aliphatic heterocycles. The largest absolute Gasteiger partial charge is 0.385 e. The molecular formula is C21H26ClF2N3O2. The molecule has 1 unspecified atom stereocenters. The molecule has 1 fully saturated rings. The third-order valence-electron chi connectivity index (χ3n) is 5.17. The zero-order valence-electron chi connectivity index (χ0n) is 16.4. The van der Waals surface area contributed by atoms with Crippen LogP contribution in [0.5, 0.6) is 0 Å². The van der Waals surface area contributed by atoms with E-state index in [1.807, 2.05) is 0 Å². The van der Waals surface area contributed by atoms with Crippen molar-refractivity contribution in [2.75, 3.05) is 32.1 Å². The lowest BCUT2D eigenvalue weighted by Gasteiger charge is -2.29. The summed E-state index contributed by atoms with van der Waals surface area (Å²) in [4.78, 5) is 17.3. The molecule has 0 bridgehead atoms. The number of anilines is 1. The number of amides is 1. The molecule has 0 spiro atoms. The van der Waals surface area contributed by atoms with Crippen molar-refractivity contribution in [2.24, 2.45) is 5.92 Å². The van der Waals surface area contributed by atoms with Crippen molar-refractivity contribution in [1.82, 2.24) is 10.3 Å². The van der Waals surface area contributed by atoms with Crippen molar-refractivity contribution < 1.29 is 18.3 Å². The van der Waals surface area contributed by atoms with Gasteiger partial charge in [-0.1, -0.05) is 11.6 Å². The van der Waals surface area contributed by atoms with E-state index in [4.69, 9.17) is 16.3 Å². The molecule has 2 N–H and O–H groups in total. The summed E-state index contributed by atoms with van der Waals surface area (Å²) in [5.41, 5.74) is 0.964. The molecule has 8 heteroatoms. The van der Waals surface area contributed by atoms with E-state index in [0.717, 1.165) is 13.0 Å². The second-order valence-corrected chi connectivity index (χ2v) is 7.89. The number of methoxy groups -OCH3 is 1. The second-order valence-electron chi connectivity index (χ2n) is 7.49. The first-order chi connectivity index (χ1) is 13.9. The van der Waals surface area contributed by atoms with E-state index in [-0.39, 0.29) is 31.2 Å². The first-order valence-electron chi connectivity index (χ1n) is 9.88. The number of carbonyl (C=O) groups excluding carboxylic acids is 1. The summed E-state index contributed by atoms with van der Waals surface area (Å²) in [5.74, 6) is -2.53. The number of hydrogen-bond acceptors (Lipinski definition) is 4. The van der Waals surface area contributed by atoms with Crippen LogP contribution in [-0.2, 0) is 4.74 Å². The molecule has 1 atom stereocenters. The lowest BCUT2D eigenvalue weighted by Crippen LogP contribution is -2.35. The molecule has 2 aromatic rings. The number of aromatic nitrogens is 1. The minimum Gasteiger partial charge on any atom is -0.385 e. The van der Waals surface area contributed by atoms with Crippen LogP contribution in [0.4, 0.5) is 14.6 Å². The molecule has 5 nitrogen and oxygen atoms in total. The first kappa shape index (κ1) is 21.7. The van der Waals surface area contributed by atoms with Crippen molar-refractivity contribution in [1.29, 1.82) is 0 Å². The zero-order chi connectivity index (χ0) is 20.9. The molecule has 1 aromatic heterocycles. The Morgan fingerprint density at radius 2 is 2.17 bits per heavy atom. The summed E-state index contributed by atoms with van der Waals surface area (Å²) in [6.45, 7) is 1.60. The molecule has 0 radical (unpaired) electrons. The van der Waals surface area contributed by atoms with Crippen LogP contribution in [0.2, 0.25) is 5.02 Å². The van der Waals surface area contributed by atoms with E-state index < -0.39 is 5.92 Å². The summed E-state index contributed by atoms with van der Waals surface area (Å²) < 4.78 is 32.2. The summed E-state index contributed by atoms with van der Waals surface area (Å²) in [6, 6.07) is 6.99. The second kappa shape index (κ2) is 9.67. The number of nitrogens with one attached hydrogen (secondary N) is 2. The lowest BCUT2D eigenvalue weighted by atomic mass is 9.86. The summed E-state index contributed by atoms with van der Waals surface area (Å²) in [7, 11) is 1.66. The standard InChI is InChI=1S/C21H26ClF2N3O2/c1-29-11-3-10-25-18-8-5-15-17(27-18)7-6-16(22)19(15)20(28)26-13-14-4-2-9-21(23,24)12-14/h5-8,14H,2-4,9-13H2,1H3,(H,25,27)(H,26,28). The van der Waals surface area contributed by atoms with Crippen LogP contribution in [0.3, 0.4) is 0 Å². The SMILES string of the molecule is COCCCNc1ccc2c(C(=O)NCC3CCCC(F)(F)C3)c(Cl)ccc2n1. The highest BCUT2D eigenvalue weighted by molar-refractivity contribution is 6.35. The predicted octanol–water partition coefficient (Wildman–Crippen LogP) is 4.89. The van der Waals surface area contributed by atoms with Gasteiger partial charge in [0.1, 0.15) is 5.82 Å². The van der Waals surface area contributed by atoms with E-state index >= 15 is 0 Å². The Balaban J connectivity index is 1.70. The summed E-state index contributed by atoms with van der Waals surface area (Å²) in [5, 5.41) is 6.95. The van der Waals surface area contributed by atoms with E-state index in [2.05, 4.69) is 15.6 Å². The molecule has 29 heavy (non-hydrogen) atoms. The highest BCUT2D eigenvalue weighted by atomic mass is 35.5. The summed E-state index contributed by atoms with van der Waals surface area (Å²) in [6.07, 6.45) is 1.77. The molecule has 1 aliphatic carbocycles. The lowest BCUT2D eigenvalue weighted by molar-refractivity contribution is -0.0518. The van der Waals surface area contributed by atoms with Crippen LogP contribution in [0, 0.1) is 5.92 Å². The van der Waals surface area contributed by atoms with Crippen LogP contribution in [0.25, 0.3) is 10.9 Å². The van der Waals surface area contributed by atoms with Gasteiger partial charge in [-0.2, -0.15) is 0 Å². The molecule has 1 aromatic carbocycles. The van der Waals surface area contributed by atoms with E-state index in [1.54, 1.807) is 31.4 Å². The third kappa shape index (κ3) is 5.76. The topological polar surface area (TPSA) is 63.2 Å². The van der Waals surface area contributed by atoms with Crippen LogP contribution < -0.4 is 10.6 Å². The zero-order valence-corrected chi connectivity index (χ0v) is 17.2. The molecular weight excluding hydrogens is 400 g/mol. The van der Waals surface area contributed by atoms with Crippen molar-refractivity contribution in [2.45, 2.75) is 38.0 Å². The number of carbonyl (C=O) groups is 1. The van der Waals surface area contributed by atoms with Crippen molar-refractivity contribution in [3.63, 3.8) is 0 Å². The number of fused-ring (bicyclic) bond motifs is 1. The molecule has 1 heterocycles. The van der Waals surface area contributed by atoms with Gasteiger partial charge in [0, 0.05) is 45.0 Å². The molecule has 1 aliphatic rings. The maximum atomic E-state index is 13.6. The Labute approximate surface area is 174 Å².